The van der Waals surface area contributed by atoms with E-state index in [0.717, 1.165) is 17.5 Å². The lowest BCUT2D eigenvalue weighted by atomic mass is 10.4. The Morgan fingerprint density at radius 3 is 2.76 bits per heavy atom. The first-order chi connectivity index (χ1) is 7.99. The van der Waals surface area contributed by atoms with Crippen LogP contribution in [0.4, 0.5) is 8.78 Å². The summed E-state index contributed by atoms with van der Waals surface area (Å²) in [7, 11) is 0. The fourth-order valence-electron chi connectivity index (χ4n) is 1.11. The second-order valence-corrected chi connectivity index (χ2v) is 4.29. The fraction of sp³-hybridized carbons (Fsp3) is 0.125. The highest BCUT2D eigenvalue weighted by molar-refractivity contribution is 7.17. The predicted octanol–water partition coefficient (Wildman–Crippen LogP) is 2.75. The molecule has 0 aliphatic carbocycles. The minimum Gasteiger partial charge on any atom is -0.477 e. The van der Waals surface area contributed by atoms with E-state index in [9.17, 15) is 13.6 Å². The third kappa shape index (κ3) is 2.27. The number of halogens is 3. The fourth-order valence-corrected chi connectivity index (χ4v) is 2.21. The number of carboxylic acid groups (broad SMARTS) is 1. The number of aromatic nitrogens is 3. The minimum atomic E-state index is -2.75. The molecule has 0 radical (unpaired) electrons. The number of alkyl halides is 2. The van der Waals surface area contributed by atoms with Crippen LogP contribution in [0.5, 0.6) is 0 Å². The van der Waals surface area contributed by atoms with Crippen molar-refractivity contribution in [2.75, 3.05) is 0 Å². The molecule has 0 fully saturated rings. The Morgan fingerprint density at radius 2 is 2.29 bits per heavy atom. The van der Waals surface area contributed by atoms with Crippen LogP contribution >= 0.6 is 22.9 Å². The van der Waals surface area contributed by atoms with Gasteiger partial charge in [0.2, 0.25) is 0 Å². The third-order valence-electron chi connectivity index (χ3n) is 1.83. The maximum Gasteiger partial charge on any atom is 0.349 e. The van der Waals surface area contributed by atoms with Gasteiger partial charge in [-0.1, -0.05) is 11.6 Å². The lowest BCUT2D eigenvalue weighted by Crippen LogP contribution is -1.96. The van der Waals surface area contributed by atoms with Crippen LogP contribution in [-0.4, -0.2) is 25.8 Å². The highest BCUT2D eigenvalue weighted by atomic mass is 35.5. The molecule has 0 aromatic carbocycles. The third-order valence-corrected chi connectivity index (χ3v) is 3.31. The number of hydrogen-bond acceptors (Lipinski definition) is 4. The van der Waals surface area contributed by atoms with Crippen molar-refractivity contribution in [2.45, 2.75) is 6.55 Å². The molecule has 0 atom stereocenters. The van der Waals surface area contributed by atoms with E-state index in [1.165, 1.54) is 6.20 Å². The second-order valence-electron chi connectivity index (χ2n) is 2.93. The van der Waals surface area contributed by atoms with E-state index in [-0.39, 0.29) is 15.0 Å². The zero-order valence-electron chi connectivity index (χ0n) is 7.97. The number of carboxylic acids is 1. The van der Waals surface area contributed by atoms with Gasteiger partial charge in [-0.15, -0.1) is 11.3 Å². The lowest BCUT2D eigenvalue weighted by molar-refractivity contribution is 0.0566. The molecule has 5 nitrogen and oxygen atoms in total. The quantitative estimate of drug-likeness (QED) is 0.938. The SMILES string of the molecule is O=C(O)c1sc(-c2cnn(C(F)F)c2)nc1Cl. The summed E-state index contributed by atoms with van der Waals surface area (Å²) in [5.74, 6) is -1.21. The van der Waals surface area contributed by atoms with Gasteiger partial charge in [-0.25, -0.2) is 14.5 Å². The van der Waals surface area contributed by atoms with E-state index in [1.807, 2.05) is 0 Å². The van der Waals surface area contributed by atoms with Crippen molar-refractivity contribution >= 4 is 28.9 Å². The molecule has 2 aromatic rings. The van der Waals surface area contributed by atoms with Gasteiger partial charge in [-0.2, -0.15) is 13.9 Å². The van der Waals surface area contributed by atoms with Gasteiger partial charge >= 0.3 is 12.5 Å². The van der Waals surface area contributed by atoms with Gasteiger partial charge < -0.3 is 5.11 Å². The zero-order valence-corrected chi connectivity index (χ0v) is 9.54. The number of rotatable bonds is 3. The molecule has 1 N–H and O–H groups in total. The van der Waals surface area contributed by atoms with E-state index in [1.54, 1.807) is 0 Å². The van der Waals surface area contributed by atoms with E-state index < -0.39 is 12.5 Å². The number of thiazole rings is 1. The smallest absolute Gasteiger partial charge is 0.349 e. The van der Waals surface area contributed by atoms with Gasteiger partial charge in [0.05, 0.1) is 6.20 Å². The molecule has 0 aliphatic heterocycles. The van der Waals surface area contributed by atoms with Crippen LogP contribution in [0.15, 0.2) is 12.4 Å². The van der Waals surface area contributed by atoms with E-state index in [0.29, 0.717) is 10.2 Å². The van der Waals surface area contributed by atoms with Crippen molar-refractivity contribution in [1.82, 2.24) is 14.8 Å². The summed E-state index contributed by atoms with van der Waals surface area (Å²) in [6.45, 7) is -2.75. The summed E-state index contributed by atoms with van der Waals surface area (Å²) in [6.07, 6.45) is 2.25. The van der Waals surface area contributed by atoms with Crippen LogP contribution in [0.2, 0.25) is 5.15 Å². The van der Waals surface area contributed by atoms with Crippen LogP contribution in [0.25, 0.3) is 10.6 Å². The maximum atomic E-state index is 12.3. The van der Waals surface area contributed by atoms with Gasteiger partial charge in [0.1, 0.15) is 5.01 Å². The Bertz CT molecular complexity index is 569. The van der Waals surface area contributed by atoms with Crippen LogP contribution in [0.3, 0.4) is 0 Å². The average Bonchev–Trinajstić information content (AvgIpc) is 2.82. The minimum absolute atomic E-state index is 0.133. The first kappa shape index (κ1) is 11.9. The lowest BCUT2D eigenvalue weighted by Gasteiger charge is -1.94. The van der Waals surface area contributed by atoms with Crippen LogP contribution in [0, 0.1) is 0 Å². The van der Waals surface area contributed by atoms with Crippen molar-refractivity contribution in [3.63, 3.8) is 0 Å². The molecule has 17 heavy (non-hydrogen) atoms. The molecule has 0 unspecified atom stereocenters. The van der Waals surface area contributed by atoms with Crippen molar-refractivity contribution in [2.24, 2.45) is 0 Å². The van der Waals surface area contributed by atoms with Gasteiger partial charge in [-0.3, -0.25) is 0 Å². The van der Waals surface area contributed by atoms with Crippen molar-refractivity contribution in [1.29, 1.82) is 0 Å². The summed E-state index contributed by atoms with van der Waals surface area (Å²) in [5, 5.41) is 12.3. The predicted molar refractivity (Wildman–Crippen MR) is 56.6 cm³/mol. The molecule has 0 aliphatic rings. The first-order valence-corrected chi connectivity index (χ1v) is 5.41. The summed E-state index contributed by atoms with van der Waals surface area (Å²) in [6, 6.07) is 0. The number of hydrogen-bond donors (Lipinski definition) is 1. The van der Waals surface area contributed by atoms with Crippen LogP contribution in [0.1, 0.15) is 16.2 Å². The number of carbonyl (C=O) groups is 1. The van der Waals surface area contributed by atoms with E-state index in [4.69, 9.17) is 16.7 Å². The number of aromatic carboxylic acids is 1. The Hall–Kier alpha value is -1.54. The van der Waals surface area contributed by atoms with Crippen LogP contribution in [-0.2, 0) is 0 Å². The average molecular weight is 280 g/mol. The van der Waals surface area contributed by atoms with Gasteiger partial charge in [-0.05, 0) is 0 Å². The molecule has 9 heteroatoms. The van der Waals surface area contributed by atoms with Crippen molar-refractivity contribution in [3.05, 3.63) is 22.4 Å². The molecule has 0 bridgehead atoms. The summed E-state index contributed by atoms with van der Waals surface area (Å²) in [4.78, 5) is 14.4. The van der Waals surface area contributed by atoms with Gasteiger partial charge in [0.15, 0.2) is 10.0 Å². The monoisotopic (exact) mass is 279 g/mol. The maximum absolute atomic E-state index is 12.3. The van der Waals surface area contributed by atoms with Crippen molar-refractivity contribution < 1.29 is 18.7 Å². The Labute approximate surface area is 102 Å². The molecule has 2 aromatic heterocycles. The second kappa shape index (κ2) is 4.38. The van der Waals surface area contributed by atoms with Crippen molar-refractivity contribution in [3.8, 4) is 10.6 Å². The Kier molecular flexibility index (Phi) is 3.07. The molecule has 0 amide bonds. The van der Waals surface area contributed by atoms with Gasteiger partial charge in [0, 0.05) is 11.8 Å². The molecule has 2 rings (SSSR count). The summed E-state index contributed by atoms with van der Waals surface area (Å²) in [5.41, 5.74) is 0.296. The Balaban J connectivity index is 2.39. The summed E-state index contributed by atoms with van der Waals surface area (Å²) < 4.78 is 25.0. The molecular weight excluding hydrogens is 276 g/mol. The van der Waals surface area contributed by atoms with Crippen LogP contribution < -0.4 is 0 Å². The number of nitrogens with zero attached hydrogens (tertiary/aromatic N) is 3. The molecule has 0 spiro atoms. The zero-order chi connectivity index (χ0) is 12.6. The molecular formula is C8H4ClF2N3O2S. The summed E-state index contributed by atoms with van der Waals surface area (Å²) >= 11 is 6.41. The first-order valence-electron chi connectivity index (χ1n) is 4.21. The van der Waals surface area contributed by atoms with E-state index in [2.05, 4.69) is 10.1 Å². The highest BCUT2D eigenvalue weighted by Gasteiger charge is 2.18. The standard InChI is InChI=1S/C8H4ClF2N3O2S/c9-5-4(7(15)16)17-6(13-5)3-1-12-14(2-3)8(10)11/h1-2,8H,(H,15,16). The normalized spacial score (nSPS) is 11.1. The molecule has 90 valence electrons. The highest BCUT2D eigenvalue weighted by Crippen LogP contribution is 2.31. The topological polar surface area (TPSA) is 68.0 Å². The molecule has 2 heterocycles. The largest absolute Gasteiger partial charge is 0.477 e. The molecule has 0 saturated heterocycles. The Morgan fingerprint density at radius 1 is 1.59 bits per heavy atom. The van der Waals surface area contributed by atoms with Gasteiger partial charge in [0.25, 0.3) is 0 Å². The molecule has 0 saturated carbocycles. The van der Waals surface area contributed by atoms with E-state index >= 15 is 0 Å².